The number of carbonyl (C=O) groups excluding carboxylic acids is 1. The molecule has 0 aliphatic carbocycles. The number of pyridine rings is 1. The summed E-state index contributed by atoms with van der Waals surface area (Å²) in [6.07, 6.45) is 3.63. The van der Waals surface area contributed by atoms with Crippen molar-refractivity contribution in [3.05, 3.63) is 34.2 Å². The van der Waals surface area contributed by atoms with Gasteiger partial charge >= 0.3 is 0 Å². The van der Waals surface area contributed by atoms with Crippen molar-refractivity contribution in [2.24, 2.45) is 0 Å². The molecule has 2 N–H and O–H groups in total. The van der Waals surface area contributed by atoms with Crippen LogP contribution in [0.25, 0.3) is 0 Å². The van der Waals surface area contributed by atoms with Gasteiger partial charge in [0.05, 0.1) is 0 Å². The highest BCUT2D eigenvalue weighted by Gasteiger charge is 2.23. The van der Waals surface area contributed by atoms with E-state index in [9.17, 15) is 9.59 Å². The van der Waals surface area contributed by atoms with Crippen LogP contribution in [0.2, 0.25) is 0 Å². The molecule has 18 heavy (non-hydrogen) atoms. The third-order valence-electron chi connectivity index (χ3n) is 3.22. The van der Waals surface area contributed by atoms with Gasteiger partial charge in [0, 0.05) is 37.0 Å². The van der Waals surface area contributed by atoms with E-state index in [1.165, 1.54) is 12.3 Å². The Hall–Kier alpha value is -1.62. The molecule has 2 heterocycles. The van der Waals surface area contributed by atoms with Crippen molar-refractivity contribution in [2.45, 2.75) is 25.8 Å². The topological polar surface area (TPSA) is 65.2 Å². The number of hydrogen-bond donors (Lipinski definition) is 2. The summed E-state index contributed by atoms with van der Waals surface area (Å²) < 4.78 is 0. The molecule has 0 spiro atoms. The SMILES string of the molecule is CCNC1CCCN(C(=O)c2cc[nH]c(=O)c2)C1. The zero-order valence-corrected chi connectivity index (χ0v) is 10.6. The van der Waals surface area contributed by atoms with Crippen LogP contribution in [0.15, 0.2) is 23.1 Å². The fourth-order valence-electron chi connectivity index (χ4n) is 2.38. The Morgan fingerprint density at radius 1 is 1.61 bits per heavy atom. The molecule has 5 heteroatoms. The maximum atomic E-state index is 12.2. The van der Waals surface area contributed by atoms with E-state index in [4.69, 9.17) is 0 Å². The number of nitrogens with one attached hydrogen (secondary N) is 2. The normalized spacial score (nSPS) is 19.8. The molecule has 0 saturated carbocycles. The van der Waals surface area contributed by atoms with Crippen molar-refractivity contribution >= 4 is 5.91 Å². The molecule has 5 nitrogen and oxygen atoms in total. The maximum absolute atomic E-state index is 12.2. The van der Waals surface area contributed by atoms with Crippen LogP contribution in [-0.4, -0.2) is 41.5 Å². The van der Waals surface area contributed by atoms with Crippen LogP contribution in [-0.2, 0) is 0 Å². The Balaban J connectivity index is 2.06. The highest BCUT2D eigenvalue weighted by Crippen LogP contribution is 2.12. The molecule has 1 amide bonds. The van der Waals surface area contributed by atoms with E-state index in [2.05, 4.69) is 17.2 Å². The van der Waals surface area contributed by atoms with Gasteiger partial charge in [-0.2, -0.15) is 0 Å². The minimum Gasteiger partial charge on any atom is -0.337 e. The summed E-state index contributed by atoms with van der Waals surface area (Å²) >= 11 is 0. The Kier molecular flexibility index (Phi) is 4.15. The van der Waals surface area contributed by atoms with Gasteiger partial charge in [0.2, 0.25) is 5.56 Å². The van der Waals surface area contributed by atoms with Crippen molar-refractivity contribution in [3.8, 4) is 0 Å². The Morgan fingerprint density at radius 3 is 3.17 bits per heavy atom. The van der Waals surface area contributed by atoms with Gasteiger partial charge in [-0.25, -0.2) is 0 Å². The predicted molar refractivity (Wildman–Crippen MR) is 69.7 cm³/mol. The van der Waals surface area contributed by atoms with Gasteiger partial charge in [-0.15, -0.1) is 0 Å². The van der Waals surface area contributed by atoms with Crippen LogP contribution < -0.4 is 10.9 Å². The van der Waals surface area contributed by atoms with E-state index in [-0.39, 0.29) is 11.5 Å². The summed E-state index contributed by atoms with van der Waals surface area (Å²) in [4.78, 5) is 27.8. The highest BCUT2D eigenvalue weighted by atomic mass is 16.2. The van der Waals surface area contributed by atoms with Crippen molar-refractivity contribution in [2.75, 3.05) is 19.6 Å². The molecule has 0 bridgehead atoms. The molecule has 98 valence electrons. The molecule has 1 aromatic rings. The molecular weight excluding hydrogens is 230 g/mol. The minimum absolute atomic E-state index is 0.0521. The monoisotopic (exact) mass is 249 g/mol. The third kappa shape index (κ3) is 2.98. The first-order valence-corrected chi connectivity index (χ1v) is 6.42. The molecule has 1 unspecified atom stereocenters. The molecule has 1 aliphatic heterocycles. The number of nitrogens with zero attached hydrogens (tertiary/aromatic N) is 1. The molecule has 0 aromatic carbocycles. The largest absolute Gasteiger partial charge is 0.337 e. The number of amides is 1. The first-order chi connectivity index (χ1) is 8.70. The predicted octanol–water partition coefficient (Wildman–Crippen LogP) is 0.589. The van der Waals surface area contributed by atoms with Crippen molar-refractivity contribution in [3.63, 3.8) is 0 Å². The van der Waals surface area contributed by atoms with Crippen LogP contribution in [0.3, 0.4) is 0 Å². The summed E-state index contributed by atoms with van der Waals surface area (Å²) in [6, 6.07) is 3.38. The van der Waals surface area contributed by atoms with Crippen molar-refractivity contribution < 1.29 is 4.79 Å². The first kappa shape index (κ1) is 12.8. The second kappa shape index (κ2) is 5.82. The van der Waals surface area contributed by atoms with Gasteiger partial charge in [-0.3, -0.25) is 9.59 Å². The molecular formula is C13H19N3O2. The lowest BCUT2D eigenvalue weighted by Gasteiger charge is -2.33. The maximum Gasteiger partial charge on any atom is 0.254 e. The Morgan fingerprint density at radius 2 is 2.44 bits per heavy atom. The second-order valence-corrected chi connectivity index (χ2v) is 4.59. The number of aromatic amines is 1. The molecule has 1 saturated heterocycles. The van der Waals surface area contributed by atoms with Crippen LogP contribution in [0.5, 0.6) is 0 Å². The highest BCUT2D eigenvalue weighted by molar-refractivity contribution is 5.94. The van der Waals surface area contributed by atoms with Crippen LogP contribution in [0.1, 0.15) is 30.1 Å². The van der Waals surface area contributed by atoms with Gasteiger partial charge < -0.3 is 15.2 Å². The average Bonchev–Trinajstić information content (AvgIpc) is 2.39. The van der Waals surface area contributed by atoms with E-state index in [0.717, 1.165) is 32.5 Å². The van der Waals surface area contributed by atoms with Gasteiger partial charge in [0.25, 0.3) is 5.91 Å². The lowest BCUT2D eigenvalue weighted by atomic mass is 10.0. The number of hydrogen-bond acceptors (Lipinski definition) is 3. The Labute approximate surface area is 106 Å². The van der Waals surface area contributed by atoms with E-state index < -0.39 is 0 Å². The molecule has 1 aromatic heterocycles. The minimum atomic E-state index is -0.235. The summed E-state index contributed by atoms with van der Waals surface area (Å²) in [5.74, 6) is -0.0521. The number of likely N-dealkylation sites (N-methyl/N-ethyl adjacent to an activating group) is 1. The summed E-state index contributed by atoms with van der Waals surface area (Å²) in [5, 5.41) is 3.37. The van der Waals surface area contributed by atoms with Crippen molar-refractivity contribution in [1.82, 2.24) is 15.2 Å². The van der Waals surface area contributed by atoms with E-state index >= 15 is 0 Å². The second-order valence-electron chi connectivity index (χ2n) is 4.59. The number of likely N-dealkylation sites (tertiary alicyclic amines) is 1. The zero-order chi connectivity index (χ0) is 13.0. The number of piperidine rings is 1. The molecule has 1 fully saturated rings. The average molecular weight is 249 g/mol. The number of carbonyl (C=O) groups is 1. The lowest BCUT2D eigenvalue weighted by molar-refractivity contribution is 0.0695. The zero-order valence-electron chi connectivity index (χ0n) is 10.6. The van der Waals surface area contributed by atoms with Gasteiger partial charge in [0.15, 0.2) is 0 Å². The Bertz CT molecular complexity index is 467. The smallest absolute Gasteiger partial charge is 0.254 e. The van der Waals surface area contributed by atoms with E-state index in [1.807, 2.05) is 4.90 Å². The molecule has 1 atom stereocenters. The number of H-pyrrole nitrogens is 1. The molecule has 0 radical (unpaired) electrons. The molecule has 2 rings (SSSR count). The third-order valence-corrected chi connectivity index (χ3v) is 3.22. The van der Waals surface area contributed by atoms with Crippen molar-refractivity contribution in [1.29, 1.82) is 0 Å². The number of rotatable bonds is 3. The van der Waals surface area contributed by atoms with Crippen LogP contribution in [0, 0.1) is 0 Å². The summed E-state index contributed by atoms with van der Waals surface area (Å²) in [5.41, 5.74) is 0.233. The quantitative estimate of drug-likeness (QED) is 0.824. The fourth-order valence-corrected chi connectivity index (χ4v) is 2.38. The molecule has 1 aliphatic rings. The van der Waals surface area contributed by atoms with Gasteiger partial charge in [-0.05, 0) is 25.5 Å². The summed E-state index contributed by atoms with van der Waals surface area (Å²) in [6.45, 7) is 4.47. The van der Waals surface area contributed by atoms with Gasteiger partial charge in [0.1, 0.15) is 0 Å². The first-order valence-electron chi connectivity index (χ1n) is 6.42. The lowest BCUT2D eigenvalue weighted by Crippen LogP contribution is -2.48. The standard InChI is InChI=1S/C13H19N3O2/c1-2-14-11-4-3-7-16(9-11)13(18)10-5-6-15-12(17)8-10/h5-6,8,11,14H,2-4,7,9H2,1H3,(H,15,17). The van der Waals surface area contributed by atoms with Crippen LogP contribution in [0.4, 0.5) is 0 Å². The van der Waals surface area contributed by atoms with E-state index in [1.54, 1.807) is 6.07 Å². The summed E-state index contributed by atoms with van der Waals surface area (Å²) in [7, 11) is 0. The van der Waals surface area contributed by atoms with Crippen LogP contribution >= 0.6 is 0 Å². The fraction of sp³-hybridized carbons (Fsp3) is 0.538. The van der Waals surface area contributed by atoms with E-state index in [0.29, 0.717) is 11.6 Å². The van der Waals surface area contributed by atoms with Gasteiger partial charge in [-0.1, -0.05) is 6.92 Å². The number of aromatic nitrogens is 1.